The second-order valence-electron chi connectivity index (χ2n) is 14.2. The summed E-state index contributed by atoms with van der Waals surface area (Å²) in [6.45, 7) is 21.3. The third-order valence-electron chi connectivity index (χ3n) is 9.99. The van der Waals surface area contributed by atoms with Crippen molar-refractivity contribution in [3.63, 3.8) is 0 Å². The molecule has 4 nitrogen and oxygen atoms in total. The van der Waals surface area contributed by atoms with Crippen molar-refractivity contribution in [2.45, 2.75) is 123 Å². The molecule has 0 heterocycles. The Morgan fingerprint density at radius 2 is 1.62 bits per heavy atom. The van der Waals surface area contributed by atoms with Gasteiger partial charge in [-0.3, -0.25) is 0 Å². The van der Waals surface area contributed by atoms with E-state index in [1.165, 1.54) is 38.5 Å². The van der Waals surface area contributed by atoms with E-state index in [9.17, 15) is 0 Å². The Labute approximate surface area is 211 Å². The fourth-order valence-electron chi connectivity index (χ4n) is 8.80. The predicted molar refractivity (Wildman–Crippen MR) is 147 cm³/mol. The van der Waals surface area contributed by atoms with Gasteiger partial charge in [0.25, 0.3) is 0 Å². The van der Waals surface area contributed by atoms with Crippen LogP contribution >= 0.6 is 0 Å². The highest BCUT2D eigenvalue weighted by Gasteiger charge is 2.66. The van der Waals surface area contributed by atoms with Crippen molar-refractivity contribution in [3.8, 4) is 0 Å². The standard InChI is InChI=1S/C28H51NO3Si2/c1-20(29-30-4)28(32-34(8,9)10)18-15-25-23-12-11-21-19-22(31-33(5,6)7)13-16-26(21,2)24(23)14-17-27(25,28)3/h11,22-25H,12-19H2,1-10H3/b29-20-/t22-,23+,24-,25-,26-,27-,28-/m0/s1. The molecule has 194 valence electrons. The molecule has 4 aliphatic carbocycles. The van der Waals surface area contributed by atoms with E-state index in [0.717, 1.165) is 30.4 Å². The van der Waals surface area contributed by atoms with Gasteiger partial charge in [0, 0.05) is 11.5 Å². The largest absolute Gasteiger partial charge is 0.414 e. The molecule has 7 atom stereocenters. The van der Waals surface area contributed by atoms with Gasteiger partial charge >= 0.3 is 0 Å². The van der Waals surface area contributed by atoms with Gasteiger partial charge in [-0.2, -0.15) is 0 Å². The normalized spacial score (nSPS) is 43.0. The summed E-state index contributed by atoms with van der Waals surface area (Å²) in [5.74, 6) is 2.24. The zero-order valence-corrected chi connectivity index (χ0v) is 25.7. The number of hydrogen-bond donors (Lipinski definition) is 0. The third-order valence-corrected chi connectivity index (χ3v) is 12.0. The number of oxime groups is 1. The molecule has 0 spiro atoms. The van der Waals surface area contributed by atoms with Crippen molar-refractivity contribution in [2.24, 2.45) is 33.7 Å². The van der Waals surface area contributed by atoms with Crippen LogP contribution in [0.3, 0.4) is 0 Å². The van der Waals surface area contributed by atoms with Gasteiger partial charge in [0.2, 0.25) is 0 Å². The zero-order valence-electron chi connectivity index (χ0n) is 23.7. The van der Waals surface area contributed by atoms with Crippen LogP contribution in [0, 0.1) is 28.6 Å². The van der Waals surface area contributed by atoms with E-state index >= 15 is 0 Å². The Kier molecular flexibility index (Phi) is 6.93. The van der Waals surface area contributed by atoms with Crippen LogP contribution in [0.5, 0.6) is 0 Å². The zero-order chi connectivity index (χ0) is 25.2. The Balaban J connectivity index is 1.64. The molecule has 0 amide bonds. The van der Waals surface area contributed by atoms with Gasteiger partial charge in [0.15, 0.2) is 16.6 Å². The van der Waals surface area contributed by atoms with Crippen molar-refractivity contribution in [1.82, 2.24) is 0 Å². The first-order valence-corrected chi connectivity index (χ1v) is 20.6. The van der Waals surface area contributed by atoms with Gasteiger partial charge in [-0.1, -0.05) is 30.7 Å². The molecule has 34 heavy (non-hydrogen) atoms. The maximum atomic E-state index is 7.15. The summed E-state index contributed by atoms with van der Waals surface area (Å²) in [6, 6.07) is 0. The lowest BCUT2D eigenvalue weighted by Crippen LogP contribution is -2.60. The SMILES string of the molecule is CO/N=C(/C)[C@@]1(O[Si](C)(C)C)CC[C@H]2[C@@H]3CC=C4C[C@@H](O[Si](C)(C)C)CC[C@]4(C)[C@H]3CC[C@@]21C. The topological polar surface area (TPSA) is 40.0 Å². The van der Waals surface area contributed by atoms with Crippen molar-refractivity contribution in [3.05, 3.63) is 11.6 Å². The highest BCUT2D eigenvalue weighted by atomic mass is 28.4. The molecule has 0 N–H and O–H groups in total. The highest BCUT2D eigenvalue weighted by molar-refractivity contribution is 6.70. The van der Waals surface area contributed by atoms with E-state index in [4.69, 9.17) is 13.7 Å². The Hall–Kier alpha value is -0.436. The summed E-state index contributed by atoms with van der Waals surface area (Å²) in [7, 11) is -1.61. The molecule has 3 fully saturated rings. The summed E-state index contributed by atoms with van der Waals surface area (Å²) < 4.78 is 13.7. The van der Waals surface area contributed by atoms with Crippen molar-refractivity contribution >= 4 is 22.3 Å². The van der Waals surface area contributed by atoms with Crippen LogP contribution < -0.4 is 0 Å². The Morgan fingerprint density at radius 1 is 0.941 bits per heavy atom. The predicted octanol–water partition coefficient (Wildman–Crippen LogP) is 7.78. The summed E-state index contributed by atoms with van der Waals surface area (Å²) in [4.78, 5) is 5.32. The first-order chi connectivity index (χ1) is 15.7. The van der Waals surface area contributed by atoms with E-state index in [0.29, 0.717) is 17.4 Å². The van der Waals surface area contributed by atoms with Crippen LogP contribution in [-0.2, 0) is 13.7 Å². The van der Waals surface area contributed by atoms with Gasteiger partial charge < -0.3 is 13.7 Å². The van der Waals surface area contributed by atoms with E-state index < -0.39 is 16.6 Å². The molecule has 0 radical (unpaired) electrons. The molecule has 0 unspecified atom stereocenters. The van der Waals surface area contributed by atoms with E-state index in [2.05, 4.69) is 71.3 Å². The van der Waals surface area contributed by atoms with Crippen LogP contribution in [0.25, 0.3) is 0 Å². The molecule has 0 bridgehead atoms. The minimum Gasteiger partial charge on any atom is -0.414 e. The average molecular weight is 506 g/mol. The maximum absolute atomic E-state index is 7.15. The van der Waals surface area contributed by atoms with Gasteiger partial charge in [-0.15, -0.1) is 0 Å². The molecule has 0 aliphatic heterocycles. The summed E-state index contributed by atoms with van der Waals surface area (Å²) in [5.41, 5.74) is 2.97. The lowest BCUT2D eigenvalue weighted by molar-refractivity contribution is -0.0866. The van der Waals surface area contributed by atoms with Gasteiger partial charge in [0.1, 0.15) is 12.7 Å². The van der Waals surface area contributed by atoms with E-state index in [-0.39, 0.29) is 11.0 Å². The summed E-state index contributed by atoms with van der Waals surface area (Å²) >= 11 is 0. The van der Waals surface area contributed by atoms with Crippen LogP contribution in [0.15, 0.2) is 16.8 Å². The minimum atomic E-state index is -1.78. The second kappa shape index (κ2) is 8.84. The monoisotopic (exact) mass is 505 g/mol. The lowest BCUT2D eigenvalue weighted by Gasteiger charge is -2.60. The Morgan fingerprint density at radius 3 is 2.24 bits per heavy atom. The lowest BCUT2D eigenvalue weighted by atomic mass is 9.46. The molecule has 0 aromatic rings. The number of hydrogen-bond acceptors (Lipinski definition) is 4. The molecule has 0 saturated heterocycles. The summed E-state index contributed by atoms with van der Waals surface area (Å²) in [5, 5.41) is 4.51. The van der Waals surface area contributed by atoms with Crippen LogP contribution in [0.2, 0.25) is 39.3 Å². The number of allylic oxidation sites excluding steroid dienone is 1. The van der Waals surface area contributed by atoms with Gasteiger partial charge in [0.05, 0.1) is 5.71 Å². The molecule has 6 heteroatoms. The fourth-order valence-corrected chi connectivity index (χ4v) is 11.5. The number of fused-ring (bicyclic) bond motifs is 5. The first kappa shape index (κ1) is 26.6. The maximum Gasteiger partial charge on any atom is 0.185 e. The van der Waals surface area contributed by atoms with Gasteiger partial charge in [-0.25, -0.2) is 0 Å². The Bertz CT molecular complexity index is 844. The molecule has 0 aromatic heterocycles. The second-order valence-corrected chi connectivity index (χ2v) is 23.1. The van der Waals surface area contributed by atoms with Crippen LogP contribution in [0.1, 0.15) is 72.1 Å². The van der Waals surface area contributed by atoms with Crippen molar-refractivity contribution < 1.29 is 13.7 Å². The third kappa shape index (κ3) is 4.43. The molecular weight excluding hydrogens is 454 g/mol. The number of rotatable bonds is 6. The van der Waals surface area contributed by atoms with Gasteiger partial charge in [-0.05, 0) is 121 Å². The fraction of sp³-hybridized carbons (Fsp3) is 0.893. The first-order valence-electron chi connectivity index (χ1n) is 13.8. The van der Waals surface area contributed by atoms with Crippen LogP contribution in [-0.4, -0.2) is 41.2 Å². The van der Waals surface area contributed by atoms with Crippen molar-refractivity contribution in [2.75, 3.05) is 7.11 Å². The molecular formula is C28H51NO3Si2. The molecule has 4 aliphatic rings. The summed E-state index contributed by atoms with van der Waals surface area (Å²) in [6.07, 6.45) is 12.9. The molecule has 0 aromatic carbocycles. The van der Waals surface area contributed by atoms with E-state index in [1.54, 1.807) is 12.7 Å². The smallest absolute Gasteiger partial charge is 0.185 e. The minimum absolute atomic E-state index is 0.125. The van der Waals surface area contributed by atoms with E-state index in [1.807, 2.05) is 0 Å². The van der Waals surface area contributed by atoms with Crippen LogP contribution in [0.4, 0.5) is 0 Å². The van der Waals surface area contributed by atoms with Crippen molar-refractivity contribution in [1.29, 1.82) is 0 Å². The quantitative estimate of drug-likeness (QED) is 0.160. The number of nitrogens with zero attached hydrogens (tertiary/aromatic N) is 1. The average Bonchev–Trinajstić information content (AvgIpc) is 2.99. The molecule has 3 saturated carbocycles. The highest BCUT2D eigenvalue weighted by Crippen LogP contribution is 2.68. The molecule has 4 rings (SSSR count).